The first-order chi connectivity index (χ1) is 8.15. The molecule has 86 valence electrons. The van der Waals surface area contributed by atoms with Crippen LogP contribution in [0.1, 0.15) is 11.3 Å². The van der Waals surface area contributed by atoms with Crippen molar-refractivity contribution in [3.8, 4) is 0 Å². The SMILES string of the molecule is Cc1ccc(C(=S)Nc2ccc(Cl)cc2)nc1. The number of nitrogens with one attached hydrogen (secondary N) is 1. The average molecular weight is 263 g/mol. The number of pyridine rings is 1. The fraction of sp³-hybridized carbons (Fsp3) is 0.0769. The molecular weight excluding hydrogens is 252 g/mol. The zero-order valence-electron chi connectivity index (χ0n) is 9.27. The van der Waals surface area contributed by atoms with Crippen molar-refractivity contribution in [3.05, 3.63) is 58.9 Å². The van der Waals surface area contributed by atoms with Gasteiger partial charge in [-0.05, 0) is 42.8 Å². The Hall–Kier alpha value is -1.45. The molecule has 0 amide bonds. The Morgan fingerprint density at radius 1 is 1.18 bits per heavy atom. The van der Waals surface area contributed by atoms with Crippen LogP contribution in [0.2, 0.25) is 5.02 Å². The van der Waals surface area contributed by atoms with Gasteiger partial charge >= 0.3 is 0 Å². The third kappa shape index (κ3) is 3.25. The summed E-state index contributed by atoms with van der Waals surface area (Å²) >= 11 is 11.1. The maximum absolute atomic E-state index is 5.81. The smallest absolute Gasteiger partial charge is 0.129 e. The topological polar surface area (TPSA) is 24.9 Å². The molecule has 0 saturated carbocycles. The van der Waals surface area contributed by atoms with Crippen LogP contribution in [0.5, 0.6) is 0 Å². The van der Waals surface area contributed by atoms with Gasteiger partial charge in [0.2, 0.25) is 0 Å². The van der Waals surface area contributed by atoms with E-state index in [0.29, 0.717) is 10.0 Å². The lowest BCUT2D eigenvalue weighted by molar-refractivity contribution is 1.25. The van der Waals surface area contributed by atoms with E-state index in [-0.39, 0.29) is 0 Å². The number of benzene rings is 1. The molecule has 0 radical (unpaired) electrons. The minimum absolute atomic E-state index is 0.604. The Bertz CT molecular complexity index is 520. The second kappa shape index (κ2) is 5.25. The Kier molecular flexibility index (Phi) is 3.71. The first kappa shape index (κ1) is 12.0. The minimum atomic E-state index is 0.604. The number of rotatable bonds is 2. The molecule has 0 aliphatic carbocycles. The second-order valence-corrected chi connectivity index (χ2v) is 4.53. The lowest BCUT2D eigenvalue weighted by Crippen LogP contribution is -2.12. The lowest BCUT2D eigenvalue weighted by atomic mass is 10.2. The zero-order chi connectivity index (χ0) is 12.3. The highest BCUT2D eigenvalue weighted by Crippen LogP contribution is 2.14. The van der Waals surface area contributed by atoms with E-state index >= 15 is 0 Å². The van der Waals surface area contributed by atoms with Crippen molar-refractivity contribution < 1.29 is 0 Å². The molecule has 1 N–H and O–H groups in total. The number of halogens is 1. The summed E-state index contributed by atoms with van der Waals surface area (Å²) in [4.78, 5) is 4.87. The number of hydrogen-bond donors (Lipinski definition) is 1. The zero-order valence-corrected chi connectivity index (χ0v) is 10.8. The number of anilines is 1. The van der Waals surface area contributed by atoms with Crippen molar-refractivity contribution in [2.45, 2.75) is 6.92 Å². The van der Waals surface area contributed by atoms with Crippen molar-refractivity contribution >= 4 is 34.5 Å². The molecule has 1 aromatic carbocycles. The summed E-state index contributed by atoms with van der Waals surface area (Å²) in [5.41, 5.74) is 2.78. The molecular formula is C13H11ClN2S. The van der Waals surface area contributed by atoms with E-state index < -0.39 is 0 Å². The molecule has 17 heavy (non-hydrogen) atoms. The van der Waals surface area contributed by atoms with Crippen molar-refractivity contribution in [1.82, 2.24) is 4.98 Å². The monoisotopic (exact) mass is 262 g/mol. The molecule has 4 heteroatoms. The van der Waals surface area contributed by atoms with Crippen molar-refractivity contribution in [1.29, 1.82) is 0 Å². The third-order valence-electron chi connectivity index (χ3n) is 2.25. The van der Waals surface area contributed by atoms with Gasteiger partial charge < -0.3 is 5.32 Å². The normalized spacial score (nSPS) is 10.0. The lowest BCUT2D eigenvalue weighted by Gasteiger charge is -2.07. The summed E-state index contributed by atoms with van der Waals surface area (Å²) in [6.07, 6.45) is 1.80. The summed E-state index contributed by atoms with van der Waals surface area (Å²) in [5, 5.41) is 3.82. The Labute approximate surface area is 111 Å². The third-order valence-corrected chi connectivity index (χ3v) is 2.81. The largest absolute Gasteiger partial charge is 0.345 e. The van der Waals surface area contributed by atoms with E-state index in [9.17, 15) is 0 Å². The molecule has 1 aromatic heterocycles. The van der Waals surface area contributed by atoms with Gasteiger partial charge in [-0.2, -0.15) is 0 Å². The first-order valence-corrected chi connectivity index (χ1v) is 5.93. The molecule has 2 aromatic rings. The standard InChI is InChI=1S/C13H11ClN2S/c1-9-2-7-12(15-8-9)13(17)16-11-5-3-10(14)4-6-11/h2-8H,1H3,(H,16,17). The van der Waals surface area contributed by atoms with Gasteiger partial charge in [0.15, 0.2) is 0 Å². The van der Waals surface area contributed by atoms with E-state index in [0.717, 1.165) is 16.9 Å². The van der Waals surface area contributed by atoms with E-state index in [1.165, 1.54) is 0 Å². The van der Waals surface area contributed by atoms with Crippen LogP contribution >= 0.6 is 23.8 Å². The summed E-state index contributed by atoms with van der Waals surface area (Å²) in [6.45, 7) is 1.99. The van der Waals surface area contributed by atoms with Gasteiger partial charge in [-0.1, -0.05) is 29.9 Å². The van der Waals surface area contributed by atoms with Crippen LogP contribution in [0.15, 0.2) is 42.6 Å². The molecule has 0 aliphatic rings. The van der Waals surface area contributed by atoms with Crippen LogP contribution in [0, 0.1) is 6.92 Å². The van der Waals surface area contributed by atoms with Crippen molar-refractivity contribution in [3.63, 3.8) is 0 Å². The highest BCUT2D eigenvalue weighted by atomic mass is 35.5. The summed E-state index contributed by atoms with van der Waals surface area (Å²) in [7, 11) is 0. The quantitative estimate of drug-likeness (QED) is 0.833. The Balaban J connectivity index is 2.11. The van der Waals surface area contributed by atoms with Crippen LogP contribution in [0.25, 0.3) is 0 Å². The van der Waals surface area contributed by atoms with Gasteiger partial charge in [0, 0.05) is 16.9 Å². The number of nitrogens with zero attached hydrogens (tertiary/aromatic N) is 1. The molecule has 1 heterocycles. The maximum atomic E-state index is 5.81. The van der Waals surface area contributed by atoms with Crippen LogP contribution < -0.4 is 5.32 Å². The highest BCUT2D eigenvalue weighted by molar-refractivity contribution is 7.81. The predicted molar refractivity (Wildman–Crippen MR) is 75.7 cm³/mol. The van der Waals surface area contributed by atoms with Crippen molar-refractivity contribution in [2.75, 3.05) is 5.32 Å². The minimum Gasteiger partial charge on any atom is -0.345 e. The van der Waals surface area contributed by atoms with Gasteiger partial charge in [0.05, 0.1) is 5.69 Å². The molecule has 0 saturated heterocycles. The Morgan fingerprint density at radius 3 is 2.47 bits per heavy atom. The van der Waals surface area contributed by atoms with E-state index in [4.69, 9.17) is 23.8 Å². The van der Waals surface area contributed by atoms with Crippen molar-refractivity contribution in [2.24, 2.45) is 0 Å². The summed E-state index contributed by atoms with van der Waals surface area (Å²) in [6, 6.07) is 11.3. The number of hydrogen-bond acceptors (Lipinski definition) is 2. The first-order valence-electron chi connectivity index (χ1n) is 5.15. The van der Waals surface area contributed by atoms with Gasteiger partial charge in [0.25, 0.3) is 0 Å². The van der Waals surface area contributed by atoms with E-state index in [2.05, 4.69) is 10.3 Å². The molecule has 0 fully saturated rings. The van der Waals surface area contributed by atoms with Gasteiger partial charge in [-0.25, -0.2) is 0 Å². The Morgan fingerprint density at radius 2 is 1.88 bits per heavy atom. The van der Waals surface area contributed by atoms with Crippen LogP contribution in [-0.2, 0) is 0 Å². The van der Waals surface area contributed by atoms with Crippen LogP contribution in [0.4, 0.5) is 5.69 Å². The fourth-order valence-electron chi connectivity index (χ4n) is 1.33. The van der Waals surface area contributed by atoms with Gasteiger partial charge in [0.1, 0.15) is 4.99 Å². The van der Waals surface area contributed by atoms with E-state index in [1.807, 2.05) is 43.3 Å². The molecule has 2 rings (SSSR count). The van der Waals surface area contributed by atoms with Crippen LogP contribution in [0.3, 0.4) is 0 Å². The van der Waals surface area contributed by atoms with Crippen LogP contribution in [-0.4, -0.2) is 9.97 Å². The number of thiocarbonyl (C=S) groups is 1. The molecule has 0 spiro atoms. The molecule has 0 bridgehead atoms. The molecule has 2 nitrogen and oxygen atoms in total. The van der Waals surface area contributed by atoms with Gasteiger partial charge in [-0.15, -0.1) is 0 Å². The summed E-state index contributed by atoms with van der Waals surface area (Å²) in [5.74, 6) is 0. The fourth-order valence-corrected chi connectivity index (χ4v) is 1.70. The number of aromatic nitrogens is 1. The molecule has 0 aliphatic heterocycles. The highest BCUT2D eigenvalue weighted by Gasteiger charge is 2.02. The summed E-state index contributed by atoms with van der Waals surface area (Å²) < 4.78 is 0. The second-order valence-electron chi connectivity index (χ2n) is 3.68. The molecule has 0 atom stereocenters. The predicted octanol–water partition coefficient (Wildman–Crippen LogP) is 3.83. The molecule has 0 unspecified atom stereocenters. The van der Waals surface area contributed by atoms with E-state index in [1.54, 1.807) is 6.20 Å². The van der Waals surface area contributed by atoms with Gasteiger partial charge in [-0.3, -0.25) is 4.98 Å². The average Bonchev–Trinajstić information content (AvgIpc) is 2.33. The maximum Gasteiger partial charge on any atom is 0.129 e. The number of aryl methyl sites for hydroxylation is 1.